The highest BCUT2D eigenvalue weighted by Crippen LogP contribution is 2.34. The molecule has 1 unspecified atom stereocenters. The largest absolute Gasteiger partial charge is 0.497 e. The number of hydrogen-bond donors (Lipinski definition) is 0. The zero-order valence-corrected chi connectivity index (χ0v) is 20.3. The Morgan fingerprint density at radius 1 is 1.06 bits per heavy atom. The van der Waals surface area contributed by atoms with Gasteiger partial charge in [-0.1, -0.05) is 23.7 Å². The van der Waals surface area contributed by atoms with Crippen LogP contribution in [0.4, 0.5) is 0 Å². The first-order valence-corrected chi connectivity index (χ1v) is 11.6. The maximum Gasteiger partial charge on any atom is 0.317 e. The molecule has 1 aromatic heterocycles. The Kier molecular flexibility index (Phi) is 7.51. The van der Waals surface area contributed by atoms with Gasteiger partial charge in [0.15, 0.2) is 0 Å². The molecule has 9 heteroatoms. The van der Waals surface area contributed by atoms with E-state index in [1.54, 1.807) is 61.5 Å². The van der Waals surface area contributed by atoms with Crippen molar-refractivity contribution in [2.45, 2.75) is 13.3 Å². The van der Waals surface area contributed by atoms with Crippen LogP contribution in [-0.4, -0.2) is 60.2 Å². The molecule has 1 atom stereocenters. The van der Waals surface area contributed by atoms with Crippen molar-refractivity contribution in [3.05, 3.63) is 71.5 Å². The van der Waals surface area contributed by atoms with Gasteiger partial charge in [0.05, 0.1) is 31.8 Å². The van der Waals surface area contributed by atoms with E-state index in [2.05, 4.69) is 9.97 Å². The average molecular weight is 496 g/mol. The van der Waals surface area contributed by atoms with Gasteiger partial charge >= 0.3 is 5.97 Å². The molecule has 4 rings (SSSR count). The predicted molar refractivity (Wildman–Crippen MR) is 131 cm³/mol. The topological polar surface area (TPSA) is 90.9 Å². The van der Waals surface area contributed by atoms with E-state index < -0.39 is 11.4 Å². The summed E-state index contributed by atoms with van der Waals surface area (Å²) in [5, 5.41) is 0.641. The van der Waals surface area contributed by atoms with Gasteiger partial charge in [0.2, 0.25) is 5.88 Å². The normalized spacial score (nSPS) is 17.2. The summed E-state index contributed by atoms with van der Waals surface area (Å²) in [5.74, 6) is 0.397. The molecule has 8 nitrogen and oxygen atoms in total. The summed E-state index contributed by atoms with van der Waals surface area (Å²) in [4.78, 5) is 36.4. The molecule has 0 N–H and O–H groups in total. The molecule has 0 spiro atoms. The minimum absolute atomic E-state index is 0.0210. The maximum atomic E-state index is 13.0. The number of amides is 1. The summed E-state index contributed by atoms with van der Waals surface area (Å²) in [6.45, 7) is 2.61. The Labute approximate surface area is 208 Å². The number of hydrogen-bond acceptors (Lipinski definition) is 7. The quantitative estimate of drug-likeness (QED) is 0.431. The van der Waals surface area contributed by atoms with Crippen molar-refractivity contribution in [2.75, 3.05) is 33.4 Å². The molecule has 0 aliphatic carbocycles. The van der Waals surface area contributed by atoms with Gasteiger partial charge in [-0.2, -0.15) is 0 Å². The van der Waals surface area contributed by atoms with E-state index in [4.69, 9.17) is 25.8 Å². The number of likely N-dealkylation sites (tertiary alicyclic amines) is 1. The van der Waals surface area contributed by atoms with Crippen molar-refractivity contribution in [2.24, 2.45) is 5.41 Å². The van der Waals surface area contributed by atoms with Gasteiger partial charge in [0.25, 0.3) is 5.91 Å². The standard InChI is InChI=1S/C26H26ClN3O5/c1-3-34-25(32)26(12-13-30(16-26)24(31)19-6-10-21(33-2)11-7-19)17-35-23-15-28-22(14-29-23)18-4-8-20(27)9-5-18/h4-11,14-15H,3,12-13,16-17H2,1-2H3. The Morgan fingerprint density at radius 2 is 1.80 bits per heavy atom. The van der Waals surface area contributed by atoms with E-state index in [-0.39, 0.29) is 31.5 Å². The number of halogens is 1. The zero-order chi connectivity index (χ0) is 24.8. The summed E-state index contributed by atoms with van der Waals surface area (Å²) in [6, 6.07) is 14.2. The molecule has 2 heterocycles. The lowest BCUT2D eigenvalue weighted by Gasteiger charge is -2.26. The molecular weight excluding hydrogens is 470 g/mol. The van der Waals surface area contributed by atoms with Crippen molar-refractivity contribution in [3.8, 4) is 22.9 Å². The van der Waals surface area contributed by atoms with Crippen LogP contribution in [-0.2, 0) is 9.53 Å². The number of ether oxygens (including phenoxy) is 3. The molecule has 1 amide bonds. The van der Waals surface area contributed by atoms with Crippen LogP contribution in [0.5, 0.6) is 11.6 Å². The SMILES string of the molecule is CCOC(=O)C1(COc2cnc(-c3ccc(Cl)cc3)cn2)CCN(C(=O)c2ccc(OC)cc2)C1. The van der Waals surface area contributed by atoms with Gasteiger partial charge < -0.3 is 19.1 Å². The predicted octanol–water partition coefficient (Wildman–Crippen LogP) is 4.28. The number of methoxy groups -OCH3 is 1. The van der Waals surface area contributed by atoms with Crippen molar-refractivity contribution >= 4 is 23.5 Å². The van der Waals surface area contributed by atoms with Gasteiger partial charge in [0, 0.05) is 29.2 Å². The van der Waals surface area contributed by atoms with Crippen molar-refractivity contribution in [1.82, 2.24) is 14.9 Å². The molecule has 1 saturated heterocycles. The van der Waals surface area contributed by atoms with Gasteiger partial charge in [0.1, 0.15) is 17.8 Å². The van der Waals surface area contributed by atoms with Crippen LogP contribution in [0.2, 0.25) is 5.02 Å². The fourth-order valence-corrected chi connectivity index (χ4v) is 4.09. The third kappa shape index (κ3) is 5.54. The number of benzene rings is 2. The highest BCUT2D eigenvalue weighted by atomic mass is 35.5. The zero-order valence-electron chi connectivity index (χ0n) is 19.6. The van der Waals surface area contributed by atoms with Crippen LogP contribution in [0.3, 0.4) is 0 Å². The molecule has 0 bridgehead atoms. The summed E-state index contributed by atoms with van der Waals surface area (Å²) >= 11 is 5.94. The molecule has 1 aliphatic heterocycles. The van der Waals surface area contributed by atoms with E-state index in [0.717, 1.165) is 5.56 Å². The van der Waals surface area contributed by atoms with Gasteiger partial charge in [-0.3, -0.25) is 9.59 Å². The second-order valence-electron chi connectivity index (χ2n) is 8.24. The van der Waals surface area contributed by atoms with E-state index in [1.165, 1.54) is 6.20 Å². The first-order chi connectivity index (χ1) is 16.9. The number of rotatable bonds is 8. The minimum Gasteiger partial charge on any atom is -0.497 e. The second kappa shape index (κ2) is 10.7. The van der Waals surface area contributed by atoms with E-state index in [0.29, 0.717) is 35.0 Å². The second-order valence-corrected chi connectivity index (χ2v) is 8.68. The minimum atomic E-state index is -0.991. The fourth-order valence-electron chi connectivity index (χ4n) is 3.96. The van der Waals surface area contributed by atoms with Gasteiger partial charge in [-0.15, -0.1) is 0 Å². The monoisotopic (exact) mass is 495 g/mol. The number of carbonyl (C=O) groups is 2. The first-order valence-electron chi connectivity index (χ1n) is 11.3. The third-order valence-electron chi connectivity index (χ3n) is 5.95. The van der Waals surface area contributed by atoms with Crippen molar-refractivity contribution in [3.63, 3.8) is 0 Å². The highest BCUT2D eigenvalue weighted by Gasteiger charge is 2.48. The van der Waals surface area contributed by atoms with Crippen molar-refractivity contribution < 1.29 is 23.8 Å². The summed E-state index contributed by atoms with van der Waals surface area (Å²) in [7, 11) is 1.57. The Bertz CT molecular complexity index is 1170. The average Bonchev–Trinajstić information content (AvgIpc) is 3.34. The maximum absolute atomic E-state index is 13.0. The Balaban J connectivity index is 1.46. The molecule has 35 heavy (non-hydrogen) atoms. The smallest absolute Gasteiger partial charge is 0.317 e. The summed E-state index contributed by atoms with van der Waals surface area (Å²) in [5.41, 5.74) is 1.08. The van der Waals surface area contributed by atoms with Crippen LogP contribution in [0.25, 0.3) is 11.3 Å². The first kappa shape index (κ1) is 24.5. The molecule has 3 aromatic rings. The van der Waals surface area contributed by atoms with Gasteiger partial charge in [-0.05, 0) is 49.7 Å². The van der Waals surface area contributed by atoms with E-state index >= 15 is 0 Å². The van der Waals surface area contributed by atoms with Crippen LogP contribution >= 0.6 is 11.6 Å². The molecule has 2 aromatic carbocycles. The number of aromatic nitrogens is 2. The van der Waals surface area contributed by atoms with Crippen LogP contribution < -0.4 is 9.47 Å². The van der Waals surface area contributed by atoms with Crippen LogP contribution in [0.1, 0.15) is 23.7 Å². The lowest BCUT2D eigenvalue weighted by molar-refractivity contribution is -0.156. The molecule has 182 valence electrons. The highest BCUT2D eigenvalue weighted by molar-refractivity contribution is 6.30. The molecule has 1 aliphatic rings. The fraction of sp³-hybridized carbons (Fsp3) is 0.308. The van der Waals surface area contributed by atoms with Crippen LogP contribution in [0.15, 0.2) is 60.9 Å². The molecule has 0 radical (unpaired) electrons. The van der Waals surface area contributed by atoms with E-state index in [1.807, 2.05) is 12.1 Å². The summed E-state index contributed by atoms with van der Waals surface area (Å²) < 4.78 is 16.4. The van der Waals surface area contributed by atoms with Crippen LogP contribution in [0, 0.1) is 5.41 Å². The molecule has 1 fully saturated rings. The van der Waals surface area contributed by atoms with Gasteiger partial charge in [-0.25, -0.2) is 9.97 Å². The van der Waals surface area contributed by atoms with E-state index in [9.17, 15) is 9.59 Å². The van der Waals surface area contributed by atoms with Crippen molar-refractivity contribution in [1.29, 1.82) is 0 Å². The molecule has 0 saturated carbocycles. The Hall–Kier alpha value is -3.65. The lowest BCUT2D eigenvalue weighted by atomic mass is 9.88. The summed E-state index contributed by atoms with van der Waals surface area (Å²) in [6.07, 6.45) is 3.53. The number of nitrogens with zero attached hydrogens (tertiary/aromatic N) is 3. The number of esters is 1. The number of carbonyl (C=O) groups excluding carboxylic acids is 2. The Morgan fingerprint density at radius 3 is 2.43 bits per heavy atom. The third-order valence-corrected chi connectivity index (χ3v) is 6.20. The lowest BCUT2D eigenvalue weighted by Crippen LogP contribution is -2.42. The molecular formula is C26H26ClN3O5.